The molecule has 0 unspecified atom stereocenters. The molecule has 0 aliphatic heterocycles. The number of hydrogen-bond donors (Lipinski definition) is 1. The lowest BCUT2D eigenvalue weighted by Gasteiger charge is -2.15. The Morgan fingerprint density at radius 2 is 1.94 bits per heavy atom. The van der Waals surface area contributed by atoms with Gasteiger partial charge in [0.2, 0.25) is 0 Å². The average molecular weight is 277 g/mol. The molecule has 8 heteroatoms. The summed E-state index contributed by atoms with van der Waals surface area (Å²) in [5, 5.41) is 8.68. The van der Waals surface area contributed by atoms with Crippen LogP contribution in [0.25, 0.3) is 0 Å². The average Bonchev–Trinajstić information content (AvgIpc) is 2.27. The summed E-state index contributed by atoms with van der Waals surface area (Å²) < 4.78 is 36.6. The molecule has 0 saturated heterocycles. The predicted octanol–water partition coefficient (Wildman–Crippen LogP) is 0.344. The number of aliphatic hydroxyl groups is 1. The zero-order valence-corrected chi connectivity index (χ0v) is 10.4. The molecule has 0 aliphatic rings. The van der Waals surface area contributed by atoms with Crippen LogP contribution in [0, 0.1) is 0 Å². The number of benzene rings is 1. The maximum atomic E-state index is 12.2. The number of rotatable bonds is 5. The third kappa shape index (κ3) is 4.30. The van der Waals surface area contributed by atoms with E-state index in [2.05, 4.69) is 4.18 Å². The number of carbonyl (C=O) groups excluding carboxylic acids is 1. The molecular weight excluding hydrogens is 265 g/mol. The van der Waals surface area contributed by atoms with Crippen molar-refractivity contribution < 1.29 is 26.4 Å². The Balaban J connectivity index is 2.80. The molecule has 18 heavy (non-hydrogen) atoms. The summed E-state index contributed by atoms with van der Waals surface area (Å²) in [4.78, 5) is 13.0. The topological polar surface area (TPSA) is 83.9 Å². The normalized spacial score (nSPS) is 11.1. The summed E-state index contributed by atoms with van der Waals surface area (Å²) in [6.07, 6.45) is 0. The van der Waals surface area contributed by atoms with Crippen LogP contribution in [0.5, 0.6) is 5.75 Å². The molecule has 0 bridgehead atoms. The molecule has 0 atom stereocenters. The highest BCUT2D eigenvalue weighted by Crippen LogP contribution is 2.15. The zero-order chi connectivity index (χ0) is 13.8. The minimum absolute atomic E-state index is 0.163. The Morgan fingerprint density at radius 3 is 2.39 bits per heavy atom. The number of likely N-dealkylation sites (N-methyl/N-ethyl adjacent to an activating group) is 1. The molecule has 1 N–H and O–H groups in total. The first-order chi connectivity index (χ1) is 8.33. The number of hydrogen-bond acceptors (Lipinski definition) is 5. The van der Waals surface area contributed by atoms with E-state index in [0.29, 0.717) is 0 Å². The van der Waals surface area contributed by atoms with Gasteiger partial charge in [-0.1, -0.05) is 3.89 Å². The fourth-order valence-electron chi connectivity index (χ4n) is 1.24. The smallest absolute Gasteiger partial charge is 0.395 e. The molecule has 6 nitrogen and oxygen atoms in total. The third-order valence-corrected chi connectivity index (χ3v) is 2.47. The van der Waals surface area contributed by atoms with E-state index in [4.69, 9.17) is 5.11 Å². The van der Waals surface area contributed by atoms with Gasteiger partial charge in [0.25, 0.3) is 5.91 Å². The molecule has 1 aromatic rings. The van der Waals surface area contributed by atoms with Crippen LogP contribution < -0.4 is 4.18 Å². The van der Waals surface area contributed by atoms with Gasteiger partial charge in [0.1, 0.15) is 5.75 Å². The van der Waals surface area contributed by atoms with E-state index in [9.17, 15) is 17.1 Å². The standard InChI is InChI=1S/C10H12FNO5S/c1-12(6-7-13)10(14)8-2-4-9(5-3-8)17-18(11,15)16/h2-5,13H,6-7H2,1H3. The second-order valence-electron chi connectivity index (χ2n) is 3.45. The second kappa shape index (κ2) is 5.78. The van der Waals surface area contributed by atoms with Gasteiger partial charge < -0.3 is 14.2 Å². The Hall–Kier alpha value is -1.67. The van der Waals surface area contributed by atoms with Crippen LogP contribution in [0.1, 0.15) is 10.4 Å². The summed E-state index contributed by atoms with van der Waals surface area (Å²) in [5.41, 5.74) is 0.273. The van der Waals surface area contributed by atoms with Gasteiger partial charge in [-0.15, -0.1) is 0 Å². The van der Waals surface area contributed by atoms with Crippen LogP contribution in [0.2, 0.25) is 0 Å². The van der Waals surface area contributed by atoms with Crippen LogP contribution >= 0.6 is 0 Å². The first-order valence-electron chi connectivity index (χ1n) is 4.94. The van der Waals surface area contributed by atoms with Gasteiger partial charge in [0.05, 0.1) is 6.61 Å². The Kier molecular flexibility index (Phi) is 4.62. The van der Waals surface area contributed by atoms with Crippen molar-refractivity contribution in [2.24, 2.45) is 0 Å². The SMILES string of the molecule is CN(CCO)C(=O)c1ccc(OS(=O)(=O)F)cc1. The van der Waals surface area contributed by atoms with Gasteiger partial charge >= 0.3 is 10.5 Å². The number of aliphatic hydroxyl groups excluding tert-OH is 1. The molecule has 0 fully saturated rings. The Labute approximate surface area is 104 Å². The summed E-state index contributed by atoms with van der Waals surface area (Å²) in [6.45, 7) is 0.0134. The highest BCUT2D eigenvalue weighted by atomic mass is 32.3. The Morgan fingerprint density at radius 1 is 1.39 bits per heavy atom. The van der Waals surface area contributed by atoms with Gasteiger partial charge in [-0.05, 0) is 24.3 Å². The van der Waals surface area contributed by atoms with Gasteiger partial charge in [-0.3, -0.25) is 4.79 Å². The van der Waals surface area contributed by atoms with Crippen molar-refractivity contribution in [3.05, 3.63) is 29.8 Å². The number of halogens is 1. The van der Waals surface area contributed by atoms with Gasteiger partial charge in [-0.2, -0.15) is 8.42 Å². The molecule has 0 aliphatic carbocycles. The van der Waals surface area contributed by atoms with Crippen molar-refractivity contribution in [2.45, 2.75) is 0 Å². The lowest BCUT2D eigenvalue weighted by atomic mass is 10.2. The van der Waals surface area contributed by atoms with Crippen LogP contribution in [-0.4, -0.2) is 44.5 Å². The number of nitrogens with zero attached hydrogens (tertiary/aromatic N) is 1. The van der Waals surface area contributed by atoms with E-state index in [1.165, 1.54) is 24.1 Å². The van der Waals surface area contributed by atoms with Crippen molar-refractivity contribution in [2.75, 3.05) is 20.2 Å². The van der Waals surface area contributed by atoms with Crippen LogP contribution in [0.15, 0.2) is 24.3 Å². The molecule has 0 radical (unpaired) electrons. The Bertz CT molecular complexity index is 514. The first-order valence-corrected chi connectivity index (χ1v) is 6.25. The van der Waals surface area contributed by atoms with E-state index >= 15 is 0 Å². The van der Waals surface area contributed by atoms with E-state index in [1.54, 1.807) is 0 Å². The lowest BCUT2D eigenvalue weighted by Crippen LogP contribution is -2.29. The molecule has 0 aromatic heterocycles. The lowest BCUT2D eigenvalue weighted by molar-refractivity contribution is 0.0767. The molecule has 0 spiro atoms. The van der Waals surface area contributed by atoms with E-state index in [0.717, 1.165) is 12.1 Å². The van der Waals surface area contributed by atoms with Crippen molar-refractivity contribution in [1.82, 2.24) is 4.90 Å². The largest absolute Gasteiger partial charge is 0.488 e. The highest BCUT2D eigenvalue weighted by molar-refractivity contribution is 7.81. The third-order valence-electron chi connectivity index (χ3n) is 2.08. The number of amides is 1. The van der Waals surface area contributed by atoms with Crippen molar-refractivity contribution >= 4 is 16.4 Å². The van der Waals surface area contributed by atoms with Crippen LogP contribution in [0.3, 0.4) is 0 Å². The highest BCUT2D eigenvalue weighted by Gasteiger charge is 2.13. The molecule has 1 rings (SSSR count). The van der Waals surface area contributed by atoms with Gasteiger partial charge in [-0.25, -0.2) is 0 Å². The molecular formula is C10H12FNO5S. The fraction of sp³-hybridized carbons (Fsp3) is 0.300. The molecule has 1 amide bonds. The minimum Gasteiger partial charge on any atom is -0.395 e. The second-order valence-corrected chi connectivity index (χ2v) is 4.40. The quantitative estimate of drug-likeness (QED) is 0.785. The van der Waals surface area contributed by atoms with Crippen molar-refractivity contribution in [3.8, 4) is 5.75 Å². The first kappa shape index (κ1) is 14.4. The van der Waals surface area contributed by atoms with Gasteiger partial charge in [0, 0.05) is 19.2 Å². The van der Waals surface area contributed by atoms with E-state index in [-0.39, 0.29) is 30.4 Å². The number of carbonyl (C=O) groups is 1. The predicted molar refractivity (Wildman–Crippen MR) is 61.1 cm³/mol. The fourth-order valence-corrected chi connectivity index (χ4v) is 1.58. The molecule has 0 saturated carbocycles. The van der Waals surface area contributed by atoms with Crippen molar-refractivity contribution in [1.29, 1.82) is 0 Å². The maximum Gasteiger partial charge on any atom is 0.488 e. The summed E-state index contributed by atoms with van der Waals surface area (Å²) in [6, 6.07) is 4.93. The molecule has 0 heterocycles. The summed E-state index contributed by atoms with van der Waals surface area (Å²) in [5.74, 6) is -0.572. The van der Waals surface area contributed by atoms with E-state index in [1.807, 2.05) is 0 Å². The van der Waals surface area contributed by atoms with Crippen LogP contribution in [-0.2, 0) is 10.5 Å². The van der Waals surface area contributed by atoms with E-state index < -0.39 is 10.5 Å². The zero-order valence-electron chi connectivity index (χ0n) is 9.54. The molecule has 1 aromatic carbocycles. The summed E-state index contributed by atoms with van der Waals surface area (Å²) in [7, 11) is -3.55. The van der Waals surface area contributed by atoms with Crippen molar-refractivity contribution in [3.63, 3.8) is 0 Å². The molecule has 100 valence electrons. The summed E-state index contributed by atoms with van der Waals surface area (Å²) >= 11 is 0. The van der Waals surface area contributed by atoms with Gasteiger partial charge in [0.15, 0.2) is 0 Å². The van der Waals surface area contributed by atoms with Crippen LogP contribution in [0.4, 0.5) is 3.89 Å². The monoisotopic (exact) mass is 277 g/mol. The maximum absolute atomic E-state index is 12.2. The minimum atomic E-state index is -5.06.